The zero-order valence-corrected chi connectivity index (χ0v) is 12.1. The van der Waals surface area contributed by atoms with Crippen LogP contribution in [0.3, 0.4) is 0 Å². The lowest BCUT2D eigenvalue weighted by atomic mass is 10.0. The topological polar surface area (TPSA) is 13.1 Å². The van der Waals surface area contributed by atoms with E-state index in [9.17, 15) is 0 Å². The first kappa shape index (κ1) is 11.3. The molecule has 0 aliphatic carbocycles. The first-order valence-electron chi connectivity index (χ1n) is 5.93. The Bertz CT molecular complexity index is 940. The third-order valence-corrected chi connectivity index (χ3v) is 4.37. The van der Waals surface area contributed by atoms with Crippen molar-refractivity contribution >= 4 is 60.2 Å². The average molecular weight is 332 g/mol. The van der Waals surface area contributed by atoms with Crippen LogP contribution in [-0.2, 0) is 0 Å². The van der Waals surface area contributed by atoms with Gasteiger partial charge in [0.25, 0.3) is 0 Å². The van der Waals surface area contributed by atoms with Crippen LogP contribution in [0.1, 0.15) is 0 Å². The van der Waals surface area contributed by atoms with E-state index in [1.54, 1.807) is 0 Å². The smallest absolute Gasteiger partial charge is 0.137 e. The van der Waals surface area contributed by atoms with Crippen molar-refractivity contribution in [3.63, 3.8) is 0 Å². The standard InChI is InChI=1S/C16H8BrClO/c17-11-8-14-15(10-5-2-1-4-9(10)11)16-12(18)6-3-7-13(16)19-14/h1-8H. The maximum Gasteiger partial charge on any atom is 0.137 e. The lowest BCUT2D eigenvalue weighted by Gasteiger charge is -2.02. The molecule has 0 fully saturated rings. The van der Waals surface area contributed by atoms with Crippen LogP contribution in [0, 0.1) is 0 Å². The minimum atomic E-state index is 0.726. The Morgan fingerprint density at radius 1 is 0.842 bits per heavy atom. The van der Waals surface area contributed by atoms with Gasteiger partial charge >= 0.3 is 0 Å². The molecule has 1 aromatic heterocycles. The Morgan fingerprint density at radius 2 is 1.63 bits per heavy atom. The molecule has 0 spiro atoms. The molecule has 1 heterocycles. The van der Waals surface area contributed by atoms with Gasteiger partial charge in [-0.3, -0.25) is 0 Å². The fourth-order valence-corrected chi connectivity index (χ4v) is 3.41. The van der Waals surface area contributed by atoms with Crippen LogP contribution in [0.25, 0.3) is 32.7 Å². The lowest BCUT2D eigenvalue weighted by molar-refractivity contribution is 0.669. The van der Waals surface area contributed by atoms with Crippen LogP contribution >= 0.6 is 27.5 Å². The number of benzene rings is 3. The van der Waals surface area contributed by atoms with Crippen LogP contribution in [0.15, 0.2) is 57.4 Å². The maximum absolute atomic E-state index is 6.35. The predicted octanol–water partition coefficient (Wildman–Crippen LogP) is 6.16. The third-order valence-electron chi connectivity index (χ3n) is 3.40. The van der Waals surface area contributed by atoms with Crippen molar-refractivity contribution in [1.29, 1.82) is 0 Å². The molecule has 1 nitrogen and oxygen atoms in total. The summed E-state index contributed by atoms with van der Waals surface area (Å²) in [5.41, 5.74) is 1.68. The summed E-state index contributed by atoms with van der Waals surface area (Å²) in [4.78, 5) is 0. The van der Waals surface area contributed by atoms with Gasteiger partial charge in [-0.2, -0.15) is 0 Å². The summed E-state index contributed by atoms with van der Waals surface area (Å²) in [6.45, 7) is 0. The summed E-state index contributed by atoms with van der Waals surface area (Å²) >= 11 is 9.95. The Kier molecular flexibility index (Phi) is 2.38. The summed E-state index contributed by atoms with van der Waals surface area (Å²) in [5.74, 6) is 0. The van der Waals surface area contributed by atoms with Crippen LogP contribution in [0.4, 0.5) is 0 Å². The van der Waals surface area contributed by atoms with Gasteiger partial charge in [0.2, 0.25) is 0 Å². The summed E-state index contributed by atoms with van der Waals surface area (Å²) in [7, 11) is 0. The highest BCUT2D eigenvalue weighted by atomic mass is 79.9. The second kappa shape index (κ2) is 3.99. The second-order valence-corrected chi connectivity index (χ2v) is 5.75. The van der Waals surface area contributed by atoms with E-state index in [1.807, 2.05) is 36.4 Å². The van der Waals surface area contributed by atoms with Crippen molar-refractivity contribution in [2.75, 3.05) is 0 Å². The van der Waals surface area contributed by atoms with Crippen molar-refractivity contribution in [3.8, 4) is 0 Å². The van der Waals surface area contributed by atoms with E-state index in [2.05, 4.69) is 28.1 Å². The molecule has 4 aromatic rings. The van der Waals surface area contributed by atoms with E-state index in [-0.39, 0.29) is 0 Å². The van der Waals surface area contributed by atoms with Gasteiger partial charge in [-0.15, -0.1) is 0 Å². The molecule has 3 heteroatoms. The second-order valence-electron chi connectivity index (χ2n) is 4.49. The number of halogens is 2. The summed E-state index contributed by atoms with van der Waals surface area (Å²) in [6.07, 6.45) is 0. The molecule has 0 unspecified atom stereocenters. The molecule has 0 saturated heterocycles. The van der Waals surface area contributed by atoms with Crippen LogP contribution in [0.5, 0.6) is 0 Å². The molecule has 0 saturated carbocycles. The molecule has 0 amide bonds. The first-order chi connectivity index (χ1) is 9.25. The van der Waals surface area contributed by atoms with E-state index in [0.29, 0.717) is 0 Å². The van der Waals surface area contributed by atoms with E-state index >= 15 is 0 Å². The average Bonchev–Trinajstić information content (AvgIpc) is 2.78. The maximum atomic E-state index is 6.35. The van der Waals surface area contributed by atoms with Crippen molar-refractivity contribution in [2.45, 2.75) is 0 Å². The number of fused-ring (bicyclic) bond motifs is 5. The summed E-state index contributed by atoms with van der Waals surface area (Å²) in [6, 6.07) is 16.0. The Labute approximate surface area is 122 Å². The predicted molar refractivity (Wildman–Crippen MR) is 83.9 cm³/mol. The highest BCUT2D eigenvalue weighted by molar-refractivity contribution is 9.10. The van der Waals surface area contributed by atoms with Gasteiger partial charge < -0.3 is 4.42 Å². The Hall–Kier alpha value is -1.51. The monoisotopic (exact) mass is 330 g/mol. The molecule has 0 radical (unpaired) electrons. The van der Waals surface area contributed by atoms with Crippen molar-refractivity contribution in [3.05, 3.63) is 58.0 Å². The van der Waals surface area contributed by atoms with Gasteiger partial charge in [0.05, 0.1) is 5.02 Å². The highest BCUT2D eigenvalue weighted by Gasteiger charge is 2.14. The first-order valence-corrected chi connectivity index (χ1v) is 7.11. The Balaban J connectivity index is 2.40. The molecular formula is C16H8BrClO. The zero-order valence-electron chi connectivity index (χ0n) is 9.78. The molecule has 4 rings (SSSR count). The lowest BCUT2D eigenvalue weighted by Crippen LogP contribution is -1.77. The van der Waals surface area contributed by atoms with E-state index in [4.69, 9.17) is 16.0 Å². The number of hydrogen-bond donors (Lipinski definition) is 0. The van der Waals surface area contributed by atoms with Gasteiger partial charge in [-0.1, -0.05) is 57.9 Å². The van der Waals surface area contributed by atoms with Crippen molar-refractivity contribution < 1.29 is 4.42 Å². The molecular weight excluding hydrogens is 324 g/mol. The van der Waals surface area contributed by atoms with Crippen molar-refractivity contribution in [2.24, 2.45) is 0 Å². The SMILES string of the molecule is Clc1cccc2oc3cc(Br)c4ccccc4c3c12. The molecule has 0 aliphatic rings. The van der Waals surface area contributed by atoms with Crippen LogP contribution in [0.2, 0.25) is 5.02 Å². The van der Waals surface area contributed by atoms with E-state index in [0.717, 1.165) is 42.2 Å². The zero-order chi connectivity index (χ0) is 13.0. The fourth-order valence-electron chi connectivity index (χ4n) is 2.60. The largest absolute Gasteiger partial charge is 0.456 e. The molecule has 3 aromatic carbocycles. The summed E-state index contributed by atoms with van der Waals surface area (Å²) in [5, 5.41) is 5.11. The minimum Gasteiger partial charge on any atom is -0.456 e. The molecule has 19 heavy (non-hydrogen) atoms. The number of furan rings is 1. The van der Waals surface area contributed by atoms with Gasteiger partial charge in [0, 0.05) is 15.2 Å². The van der Waals surface area contributed by atoms with Crippen molar-refractivity contribution in [1.82, 2.24) is 0 Å². The molecule has 0 N–H and O–H groups in total. The Morgan fingerprint density at radius 3 is 2.47 bits per heavy atom. The normalized spacial score (nSPS) is 11.7. The van der Waals surface area contributed by atoms with Gasteiger partial charge in [-0.05, 0) is 29.0 Å². The quantitative estimate of drug-likeness (QED) is 0.376. The van der Waals surface area contributed by atoms with Gasteiger partial charge in [0.15, 0.2) is 0 Å². The molecule has 0 bridgehead atoms. The third kappa shape index (κ3) is 1.54. The van der Waals surface area contributed by atoms with Crippen LogP contribution in [-0.4, -0.2) is 0 Å². The fraction of sp³-hybridized carbons (Fsp3) is 0. The summed E-state index contributed by atoms with van der Waals surface area (Å²) < 4.78 is 6.94. The minimum absolute atomic E-state index is 0.726. The molecule has 0 atom stereocenters. The van der Waals surface area contributed by atoms with E-state index in [1.165, 1.54) is 0 Å². The van der Waals surface area contributed by atoms with E-state index < -0.39 is 0 Å². The molecule has 0 aliphatic heterocycles. The molecule has 92 valence electrons. The van der Waals surface area contributed by atoms with Gasteiger partial charge in [0.1, 0.15) is 11.2 Å². The number of hydrogen-bond acceptors (Lipinski definition) is 1. The highest BCUT2D eigenvalue weighted by Crippen LogP contribution is 2.40. The van der Waals surface area contributed by atoms with Gasteiger partial charge in [-0.25, -0.2) is 0 Å². The van der Waals surface area contributed by atoms with Crippen LogP contribution < -0.4 is 0 Å². The number of rotatable bonds is 0.